The van der Waals surface area contributed by atoms with E-state index in [1.165, 1.54) is 12.1 Å². The van der Waals surface area contributed by atoms with Crippen molar-refractivity contribution < 1.29 is 56.1 Å². The number of hydrogen-bond donors (Lipinski definition) is 0. The van der Waals surface area contributed by atoms with Crippen LogP contribution in [0.4, 0.5) is 0 Å². The van der Waals surface area contributed by atoms with E-state index >= 15 is 0 Å². The van der Waals surface area contributed by atoms with Crippen molar-refractivity contribution in [3.8, 4) is 11.4 Å². The summed E-state index contributed by atoms with van der Waals surface area (Å²) in [6.07, 6.45) is 3.54. The fourth-order valence-electron chi connectivity index (χ4n) is 1.88. The van der Waals surface area contributed by atoms with Gasteiger partial charge in [0, 0.05) is 18.0 Å². The van der Waals surface area contributed by atoms with Crippen LogP contribution >= 0.6 is 0 Å². The molecule has 0 fully saturated rings. The molecular weight excluding hydrogens is 451 g/mol. The van der Waals surface area contributed by atoms with Gasteiger partial charge < -0.3 is 30.9 Å². The number of benzene rings is 1. The van der Waals surface area contributed by atoms with Gasteiger partial charge in [-0.15, -0.1) is 0 Å². The molecule has 0 aliphatic carbocycles. The maximum atomic E-state index is 10.5. The Morgan fingerprint density at radius 2 is 1.17 bits per heavy atom. The van der Waals surface area contributed by atoms with Crippen LogP contribution in [0, 0.1) is 0 Å². The summed E-state index contributed by atoms with van der Waals surface area (Å²) in [6.45, 7) is 0. The molecule has 0 unspecified atom stereocenters. The van der Waals surface area contributed by atoms with Crippen molar-refractivity contribution in [2.75, 3.05) is 0 Å². The Hall–Kier alpha value is -2.71. The minimum Gasteiger partial charge on any atom is -0.744 e. The van der Waals surface area contributed by atoms with E-state index < -0.39 is 26.5 Å². The van der Waals surface area contributed by atoms with Gasteiger partial charge in [0.25, 0.3) is 0 Å². The molecule has 0 saturated heterocycles. The van der Waals surface area contributed by atoms with E-state index in [9.17, 15) is 22.9 Å². The van der Waals surface area contributed by atoms with Crippen LogP contribution in [-0.4, -0.2) is 28.9 Å². The number of carbonyl (C=O) groups excluding carboxylic acids is 1. The summed E-state index contributed by atoms with van der Waals surface area (Å²) in [5, 5.41) is 10.4. The largest absolute Gasteiger partial charge is 2.00 e. The summed E-state index contributed by atoms with van der Waals surface area (Å²) in [6, 6.07) is 16.1. The Labute approximate surface area is 177 Å². The van der Waals surface area contributed by atoms with Crippen LogP contribution in [0.5, 0.6) is 0 Å². The second kappa shape index (κ2) is 14.3. The van der Waals surface area contributed by atoms with Gasteiger partial charge in [0.15, 0.2) is 0 Å². The van der Waals surface area contributed by atoms with Gasteiger partial charge in [-0.3, -0.25) is 9.97 Å². The molecule has 3 aromatic rings. The molecule has 9 N–H and O–H groups in total. The predicted molar refractivity (Wildman–Crippen MR) is 101 cm³/mol. The van der Waals surface area contributed by atoms with Crippen molar-refractivity contribution in [1.82, 2.24) is 9.97 Å². The summed E-state index contributed by atoms with van der Waals surface area (Å²) in [5.41, 5.74) is 1.22. The van der Waals surface area contributed by atoms with Crippen LogP contribution in [0.1, 0.15) is 10.4 Å². The van der Waals surface area contributed by atoms with Crippen molar-refractivity contribution in [2.45, 2.75) is 4.90 Å². The van der Waals surface area contributed by atoms with Crippen molar-refractivity contribution in [1.29, 1.82) is 0 Å². The zero-order chi connectivity index (χ0) is 18.3. The molecule has 2 aromatic heterocycles. The van der Waals surface area contributed by atoms with Gasteiger partial charge in [0.05, 0.1) is 22.3 Å². The van der Waals surface area contributed by atoms with E-state index in [1.807, 2.05) is 36.4 Å². The maximum absolute atomic E-state index is 10.5. The van der Waals surface area contributed by atoms with Crippen LogP contribution in [0.25, 0.3) is 11.4 Å². The molecule has 0 spiro atoms. The van der Waals surface area contributed by atoms with Crippen LogP contribution in [-0.2, 0) is 43.3 Å². The van der Waals surface area contributed by atoms with Gasteiger partial charge >= 0.3 is 16.8 Å². The number of nitrogens with zero attached hydrogens (tertiary/aromatic N) is 2. The van der Waals surface area contributed by atoms with Gasteiger partial charge in [0.1, 0.15) is 10.1 Å². The fraction of sp³-hybridized carbons (Fsp3) is 0. The van der Waals surface area contributed by atoms with E-state index in [0.29, 0.717) is 0 Å². The minimum atomic E-state index is -4.75. The average molecular weight is 472 g/mol. The molecule has 1 aromatic carbocycles. The molecule has 10 nitrogen and oxygen atoms in total. The first-order valence-corrected chi connectivity index (χ1v) is 8.39. The van der Waals surface area contributed by atoms with Crippen LogP contribution < -0.4 is 5.11 Å². The third-order valence-electron chi connectivity index (χ3n) is 2.97. The Morgan fingerprint density at radius 3 is 1.48 bits per heavy atom. The first-order chi connectivity index (χ1) is 11.9. The van der Waals surface area contributed by atoms with Gasteiger partial charge in [-0.05, 0) is 30.3 Å². The van der Waals surface area contributed by atoms with Crippen molar-refractivity contribution in [3.05, 3.63) is 78.6 Å². The topological polar surface area (TPSA) is 222 Å². The van der Waals surface area contributed by atoms with Crippen molar-refractivity contribution >= 4 is 16.1 Å². The maximum Gasteiger partial charge on any atom is 2.00 e. The molecule has 2 heterocycles. The van der Waals surface area contributed by atoms with Crippen LogP contribution in [0.15, 0.2) is 78.0 Å². The number of rotatable bonds is 3. The summed E-state index contributed by atoms with van der Waals surface area (Å²) in [7, 11) is -4.75. The molecular formula is C17H21CoN2O8S+3. The third kappa shape index (κ3) is 9.35. The minimum absolute atomic E-state index is 0. The Kier molecular flexibility index (Phi) is 15.3. The summed E-state index contributed by atoms with van der Waals surface area (Å²) in [4.78, 5) is 18.0. The summed E-state index contributed by atoms with van der Waals surface area (Å²) in [5.74, 6) is -1.69. The van der Waals surface area contributed by atoms with Gasteiger partial charge in [-0.25, -0.2) is 8.42 Å². The zero-order valence-electron chi connectivity index (χ0n) is 14.8. The molecule has 0 saturated carbocycles. The average Bonchev–Trinajstić information content (AvgIpc) is 2.63. The number of carboxylic acids is 1. The summed E-state index contributed by atoms with van der Waals surface area (Å²) < 4.78 is 31.5. The zero-order valence-corrected chi connectivity index (χ0v) is 16.7. The molecule has 29 heavy (non-hydrogen) atoms. The molecule has 0 amide bonds. The normalized spacial score (nSPS) is 9.00. The molecule has 12 heteroatoms. The molecule has 0 aliphatic rings. The van der Waals surface area contributed by atoms with E-state index in [4.69, 9.17) is 0 Å². The number of aromatic carboxylic acids is 1. The molecule has 0 aliphatic heterocycles. The molecule has 159 valence electrons. The standard InChI is InChI=1S/C10H8N2.C7H6O5S.Co.3H2O/c1-3-7-11-9(5-1)10-6-2-4-8-12-10;8-7(9)5-3-1-2-4-6(5)13(10,11)12;;;;/h1-8H;1-4H,(H,8,9)(H,10,11,12);;3*1H2/q;;+2;;;/p+1. The smallest absolute Gasteiger partial charge is 0.744 e. The van der Waals surface area contributed by atoms with E-state index in [1.54, 1.807) is 12.4 Å². The Morgan fingerprint density at radius 1 is 0.759 bits per heavy atom. The first-order valence-electron chi connectivity index (χ1n) is 6.98. The quantitative estimate of drug-likeness (QED) is 0.318. The van der Waals surface area contributed by atoms with Crippen molar-refractivity contribution in [2.24, 2.45) is 0 Å². The predicted octanol–water partition coefficient (Wildman–Crippen LogP) is -1.67. The number of carbonyl (C=O) groups is 1. The fourth-order valence-corrected chi connectivity index (χ4v) is 2.55. The molecule has 3 rings (SSSR count). The Balaban J connectivity index is -0.000000410. The summed E-state index contributed by atoms with van der Waals surface area (Å²) >= 11 is 0. The van der Waals surface area contributed by atoms with Gasteiger partial charge in [-0.2, -0.15) is 0 Å². The van der Waals surface area contributed by atoms with Crippen LogP contribution in [0.2, 0.25) is 0 Å². The number of hydrogen-bond acceptors (Lipinski definition) is 7. The SMILES string of the molecule is O=C([O-])c1ccccc1S(=O)(=O)[O-].[Co+2].[OH3+].[OH3+].[OH3+].c1ccc(-c2ccccn2)nc1. The van der Waals surface area contributed by atoms with E-state index in [-0.39, 0.29) is 33.2 Å². The molecule has 0 bridgehead atoms. The first kappa shape index (κ1) is 31.0. The van der Waals surface area contributed by atoms with Gasteiger partial charge in [-0.1, -0.05) is 30.3 Å². The second-order valence-corrected chi connectivity index (χ2v) is 6.02. The second-order valence-electron chi connectivity index (χ2n) is 4.67. The molecule has 1 radical (unpaired) electrons. The van der Waals surface area contributed by atoms with Crippen molar-refractivity contribution in [3.63, 3.8) is 0 Å². The number of pyridine rings is 2. The monoisotopic (exact) mass is 472 g/mol. The van der Waals surface area contributed by atoms with Gasteiger partial charge in [0.2, 0.25) is 0 Å². The Bertz CT molecular complexity index is 920. The number of carboxylic acid groups (broad SMARTS) is 1. The third-order valence-corrected chi connectivity index (χ3v) is 3.86. The van der Waals surface area contributed by atoms with Crippen LogP contribution in [0.3, 0.4) is 0 Å². The molecule has 0 atom stereocenters. The van der Waals surface area contributed by atoms with E-state index in [0.717, 1.165) is 23.5 Å². The number of aromatic nitrogens is 2. The van der Waals surface area contributed by atoms with E-state index in [2.05, 4.69) is 9.97 Å².